The number of nitriles is 2. The zero-order valence-corrected chi connectivity index (χ0v) is 22.5. The van der Waals surface area contributed by atoms with Gasteiger partial charge >= 0.3 is 0 Å². The Balaban J connectivity index is 1.40. The number of rotatable bonds is 3. The first-order valence-electron chi connectivity index (χ1n) is 12.1. The monoisotopic (exact) mass is 551 g/mol. The Morgan fingerprint density at radius 2 is 1.64 bits per heavy atom. The summed E-state index contributed by atoms with van der Waals surface area (Å²) in [6.07, 6.45) is 9.26. The van der Waals surface area contributed by atoms with Gasteiger partial charge in [0.1, 0.15) is 17.7 Å². The molecule has 6 rings (SSSR count). The molecule has 8 heteroatoms. The largest absolute Gasteiger partial charge is 0.303 e. The fourth-order valence-electron chi connectivity index (χ4n) is 5.01. The lowest BCUT2D eigenvalue weighted by atomic mass is 9.99. The van der Waals surface area contributed by atoms with E-state index in [9.17, 15) is 24.1 Å². The molecule has 0 saturated carbocycles. The van der Waals surface area contributed by atoms with Gasteiger partial charge in [-0.1, -0.05) is 18.2 Å². The molecule has 1 atom stereocenters. The fourth-order valence-corrected chi connectivity index (χ4v) is 7.16. The minimum Gasteiger partial charge on any atom is -0.303 e. The van der Waals surface area contributed by atoms with Gasteiger partial charge in [-0.15, -0.1) is 22.7 Å². The molecule has 1 unspecified atom stereocenters. The van der Waals surface area contributed by atoms with Crippen molar-refractivity contribution in [1.29, 1.82) is 10.5 Å². The number of Topliss-reactive ketones (excluding diaryl/α,β-unsaturated/α-hetero) is 1. The highest BCUT2D eigenvalue weighted by Crippen LogP contribution is 2.43. The normalized spacial score (nSPS) is 17.7. The molecule has 0 amide bonds. The molecule has 0 spiro atoms. The highest BCUT2D eigenvalue weighted by molar-refractivity contribution is 7.21. The average Bonchev–Trinajstić information content (AvgIpc) is 3.59. The molecule has 4 aromatic rings. The highest BCUT2D eigenvalue weighted by Gasteiger charge is 2.34. The van der Waals surface area contributed by atoms with Crippen LogP contribution in [0.5, 0.6) is 0 Å². The van der Waals surface area contributed by atoms with E-state index in [2.05, 4.69) is 55.4 Å². The second-order valence-corrected chi connectivity index (χ2v) is 11.8. The summed E-state index contributed by atoms with van der Waals surface area (Å²) in [5.41, 5.74) is 1.01. The number of nitrogens with zero attached hydrogens (tertiary/aromatic N) is 3. The number of hydrogen-bond donors (Lipinski definition) is 0. The quantitative estimate of drug-likeness (QED) is 0.193. The zero-order chi connectivity index (χ0) is 27.4. The molecule has 2 aromatic heterocycles. The second-order valence-electron chi connectivity index (χ2n) is 9.65. The number of allylic oxidation sites excluding steroid dienone is 5. The van der Waals surface area contributed by atoms with Crippen LogP contribution < -0.4 is 0 Å². The number of carbonyl (C=O) groups is 1. The molecular weight excluding hydrogens is 532 g/mol. The van der Waals surface area contributed by atoms with E-state index in [-0.39, 0.29) is 27.8 Å². The van der Waals surface area contributed by atoms with Crippen LogP contribution in [0.1, 0.15) is 32.1 Å². The van der Waals surface area contributed by atoms with Gasteiger partial charge in [0.2, 0.25) is 0 Å². The SMILES string of the molecule is CN(C)C1C=CC(c2cc3cc4sc(/C=C5\C(=O)c6cc(F)c(F)cc6C5=C(C#N)C#N)cc4cc3s2)=CC1. The van der Waals surface area contributed by atoms with Gasteiger partial charge in [-0.25, -0.2) is 8.78 Å². The van der Waals surface area contributed by atoms with Gasteiger partial charge in [-0.2, -0.15) is 10.5 Å². The number of thiophene rings is 2. The maximum atomic E-state index is 14.0. The lowest BCUT2D eigenvalue weighted by Crippen LogP contribution is -2.26. The lowest BCUT2D eigenvalue weighted by Gasteiger charge is -2.22. The molecule has 0 fully saturated rings. The highest BCUT2D eigenvalue weighted by atomic mass is 32.1. The van der Waals surface area contributed by atoms with Crippen molar-refractivity contribution >= 4 is 65.9 Å². The summed E-state index contributed by atoms with van der Waals surface area (Å²) in [5, 5.41) is 21.2. The minimum atomic E-state index is -1.16. The third-order valence-corrected chi connectivity index (χ3v) is 9.24. The molecule has 4 nitrogen and oxygen atoms in total. The summed E-state index contributed by atoms with van der Waals surface area (Å²) in [6, 6.07) is 14.1. The van der Waals surface area contributed by atoms with Crippen LogP contribution in [0.4, 0.5) is 8.78 Å². The molecule has 39 heavy (non-hydrogen) atoms. The Morgan fingerprint density at radius 1 is 0.974 bits per heavy atom. The van der Waals surface area contributed by atoms with Crippen molar-refractivity contribution in [1.82, 2.24) is 4.90 Å². The Kier molecular flexibility index (Phi) is 6.12. The van der Waals surface area contributed by atoms with Crippen LogP contribution >= 0.6 is 22.7 Å². The van der Waals surface area contributed by atoms with Crippen molar-refractivity contribution in [3.05, 3.63) is 98.3 Å². The van der Waals surface area contributed by atoms with Crippen molar-refractivity contribution in [3.8, 4) is 12.1 Å². The van der Waals surface area contributed by atoms with Crippen molar-refractivity contribution in [3.63, 3.8) is 0 Å². The molecule has 2 heterocycles. The van der Waals surface area contributed by atoms with Crippen molar-refractivity contribution in [2.24, 2.45) is 0 Å². The van der Waals surface area contributed by atoms with Crippen molar-refractivity contribution in [2.75, 3.05) is 14.1 Å². The minimum absolute atomic E-state index is 0.0345. The lowest BCUT2D eigenvalue weighted by molar-refractivity contribution is 0.104. The smallest absolute Gasteiger partial charge is 0.194 e. The van der Waals surface area contributed by atoms with Crippen molar-refractivity contribution in [2.45, 2.75) is 12.5 Å². The first-order chi connectivity index (χ1) is 18.8. The number of fused-ring (bicyclic) bond motifs is 3. The number of benzene rings is 2. The molecule has 0 radical (unpaired) electrons. The molecule has 0 bridgehead atoms. The van der Waals surface area contributed by atoms with E-state index >= 15 is 0 Å². The molecule has 2 aliphatic carbocycles. The third kappa shape index (κ3) is 4.24. The number of carbonyl (C=O) groups excluding carboxylic acids is 1. The third-order valence-electron chi connectivity index (χ3n) is 7.05. The van der Waals surface area contributed by atoms with Gasteiger partial charge in [0, 0.05) is 41.9 Å². The first kappa shape index (κ1) is 25.1. The Labute approximate surface area is 231 Å². The van der Waals surface area contributed by atoms with E-state index in [1.807, 2.05) is 6.07 Å². The molecule has 2 aromatic carbocycles. The first-order valence-corrected chi connectivity index (χ1v) is 13.7. The van der Waals surface area contributed by atoms with Gasteiger partial charge in [0.25, 0.3) is 0 Å². The fraction of sp³-hybridized carbons (Fsp3) is 0.129. The zero-order valence-electron chi connectivity index (χ0n) is 20.9. The summed E-state index contributed by atoms with van der Waals surface area (Å²) < 4.78 is 30.1. The molecule has 2 aliphatic rings. The maximum Gasteiger partial charge on any atom is 0.194 e. The van der Waals surface area contributed by atoms with E-state index in [1.54, 1.807) is 29.6 Å². The van der Waals surface area contributed by atoms with E-state index in [0.29, 0.717) is 6.04 Å². The number of hydrogen-bond acceptors (Lipinski definition) is 6. The molecule has 0 saturated heterocycles. The summed E-state index contributed by atoms with van der Waals surface area (Å²) in [4.78, 5) is 17.3. The van der Waals surface area contributed by atoms with Gasteiger partial charge in [-0.3, -0.25) is 4.79 Å². The van der Waals surface area contributed by atoms with E-state index in [4.69, 9.17) is 0 Å². The molecule has 0 aliphatic heterocycles. The Hall–Kier alpha value is -4.21. The summed E-state index contributed by atoms with van der Waals surface area (Å²) >= 11 is 3.20. The van der Waals surface area contributed by atoms with Crippen LogP contribution in [-0.2, 0) is 0 Å². The van der Waals surface area contributed by atoms with Crippen LogP contribution in [0.2, 0.25) is 0 Å². The molecule has 0 N–H and O–H groups in total. The van der Waals surface area contributed by atoms with E-state index in [1.165, 1.54) is 21.8 Å². The van der Waals surface area contributed by atoms with Gasteiger partial charge in [-0.05, 0) is 84.9 Å². The van der Waals surface area contributed by atoms with Gasteiger partial charge in [0.15, 0.2) is 17.4 Å². The summed E-state index contributed by atoms with van der Waals surface area (Å²) in [7, 11) is 4.16. The maximum absolute atomic E-state index is 14.0. The van der Waals surface area contributed by atoms with E-state index < -0.39 is 17.4 Å². The van der Waals surface area contributed by atoms with Gasteiger partial charge in [0.05, 0.1) is 0 Å². The average molecular weight is 552 g/mol. The topological polar surface area (TPSA) is 67.9 Å². The number of ketones is 1. The predicted molar refractivity (Wildman–Crippen MR) is 153 cm³/mol. The predicted octanol–water partition coefficient (Wildman–Crippen LogP) is 7.75. The van der Waals surface area contributed by atoms with Crippen LogP contribution in [0.15, 0.2) is 65.8 Å². The number of halogens is 2. The van der Waals surface area contributed by atoms with Gasteiger partial charge < -0.3 is 4.90 Å². The van der Waals surface area contributed by atoms with Crippen LogP contribution in [-0.4, -0.2) is 30.8 Å². The summed E-state index contributed by atoms with van der Waals surface area (Å²) in [6.45, 7) is 0. The second kappa shape index (κ2) is 9.52. The summed E-state index contributed by atoms with van der Waals surface area (Å²) in [5.74, 6) is -2.85. The molecular formula is C31H19F2N3OS2. The Morgan fingerprint density at radius 3 is 2.28 bits per heavy atom. The van der Waals surface area contributed by atoms with Crippen LogP contribution in [0.25, 0.3) is 37.4 Å². The van der Waals surface area contributed by atoms with Crippen LogP contribution in [0, 0.1) is 34.3 Å². The Bertz CT molecular complexity index is 1870. The van der Waals surface area contributed by atoms with Crippen molar-refractivity contribution < 1.29 is 13.6 Å². The van der Waals surface area contributed by atoms with E-state index in [0.717, 1.165) is 43.6 Å². The standard InChI is InChI=1S/C31H19F2N3OS2/c1-36(2)20-5-3-16(4-6-20)27-9-18-10-28-17(8-29(18)39-27)7-21(38-28)11-24-30(19(14-34)15-35)22-12-25(32)26(33)13-23(22)31(24)37/h3-5,7-13,20H,6H2,1-2H3/b24-11-. The van der Waals surface area contributed by atoms with Crippen LogP contribution in [0.3, 0.4) is 0 Å². The number of likely N-dealkylation sites (N-methyl/N-ethyl adjacent to an activating group) is 1. The molecule has 190 valence electrons.